The van der Waals surface area contributed by atoms with E-state index in [1.165, 1.54) is 38.5 Å². The topological polar surface area (TPSA) is 120 Å². The maximum Gasteiger partial charge on any atom is 0.410 e. The van der Waals surface area contributed by atoms with E-state index in [2.05, 4.69) is 45.3 Å². The van der Waals surface area contributed by atoms with Crippen molar-refractivity contribution >= 4 is 12.2 Å². The van der Waals surface area contributed by atoms with Gasteiger partial charge in [0.1, 0.15) is 11.2 Å². The number of fused-ring (bicyclic) bond motifs is 5. The van der Waals surface area contributed by atoms with Gasteiger partial charge in [-0.05, 0) is 184 Å². The van der Waals surface area contributed by atoms with Gasteiger partial charge >= 0.3 is 12.2 Å². The summed E-state index contributed by atoms with van der Waals surface area (Å²) < 4.78 is 11.1. The summed E-state index contributed by atoms with van der Waals surface area (Å²) in [5.74, 6) is 3.80. The number of amides is 2. The Bertz CT molecular complexity index is 1180. The SMILES string of the molecule is CC(C)[C@H](O)CC[C@@H](C)[C@H]1CC[C@H]2[C@@H]3[C@H](O)C[C@H]4C[C@@H](NCCCN(CCCCNC(=O)OC(C)(C)C)C(=O)OC(C)(C)C)CC[C@]4(C)[C@H]3CC[C@]12C. The lowest BCUT2D eigenvalue weighted by atomic mass is 9.43. The normalized spacial score (nSPS) is 34.0. The van der Waals surface area contributed by atoms with Gasteiger partial charge in [0, 0.05) is 25.7 Å². The zero-order chi connectivity index (χ0) is 39.4. The van der Waals surface area contributed by atoms with Crippen LogP contribution in [-0.4, -0.2) is 82.9 Å². The highest BCUT2D eigenvalue weighted by atomic mass is 16.6. The molecule has 0 aliphatic heterocycles. The van der Waals surface area contributed by atoms with E-state index in [9.17, 15) is 19.8 Å². The fraction of sp³-hybridized carbons (Fsp3) is 0.955. The highest BCUT2D eigenvalue weighted by molar-refractivity contribution is 5.68. The van der Waals surface area contributed by atoms with E-state index in [-0.39, 0.29) is 18.3 Å². The van der Waals surface area contributed by atoms with Crippen LogP contribution < -0.4 is 10.6 Å². The number of nitrogens with zero attached hydrogens (tertiary/aromatic N) is 1. The number of carbonyl (C=O) groups is 2. The van der Waals surface area contributed by atoms with Crippen molar-refractivity contribution in [2.24, 2.45) is 52.3 Å². The number of hydrogen-bond acceptors (Lipinski definition) is 7. The number of rotatable bonds is 15. The number of aliphatic hydroxyl groups is 2. The molecule has 4 aliphatic rings. The Morgan fingerprint density at radius 3 is 2.11 bits per heavy atom. The monoisotopic (exact) mass is 748 g/mol. The number of hydrogen-bond donors (Lipinski definition) is 4. The number of alkyl carbamates (subject to hydrolysis) is 1. The first kappa shape index (κ1) is 44.1. The highest BCUT2D eigenvalue weighted by Crippen LogP contribution is 2.68. The molecule has 0 unspecified atom stereocenters. The first-order chi connectivity index (χ1) is 24.6. The number of nitrogens with one attached hydrogen (secondary N) is 2. The van der Waals surface area contributed by atoms with Gasteiger partial charge in [0.15, 0.2) is 0 Å². The fourth-order valence-corrected chi connectivity index (χ4v) is 11.5. The number of unbranched alkanes of at least 4 members (excludes halogenated alkanes) is 1. The standard InChI is InChI=1S/C44H81N3O6/c1-29(2)36(48)18-15-30(3)33-16-17-34-38-35(20-22-44(33,34)11)43(10)21-19-32(27-31(43)28-37(38)49)45-24-14-26-47(40(51)53-42(7,8)9)25-13-12-23-46-39(50)52-41(4,5)6/h29-38,45,48-49H,12-28H2,1-11H3,(H,46,50)/t30-,31-,32+,33-,34+,35+,36-,37-,38+,43+,44-/m1/s1. The Labute approximate surface area is 323 Å². The third kappa shape index (κ3) is 11.5. The van der Waals surface area contributed by atoms with Crippen LogP contribution >= 0.6 is 0 Å². The van der Waals surface area contributed by atoms with Crippen LogP contribution in [-0.2, 0) is 9.47 Å². The maximum atomic E-state index is 13.1. The third-order valence-corrected chi connectivity index (χ3v) is 14.3. The minimum Gasteiger partial charge on any atom is -0.444 e. The second-order valence-electron chi connectivity index (χ2n) is 20.8. The molecule has 308 valence electrons. The van der Waals surface area contributed by atoms with Crippen LogP contribution in [0.1, 0.15) is 160 Å². The molecule has 9 nitrogen and oxygen atoms in total. The van der Waals surface area contributed by atoms with Crippen molar-refractivity contribution in [1.29, 1.82) is 0 Å². The van der Waals surface area contributed by atoms with Gasteiger partial charge in [-0.15, -0.1) is 0 Å². The molecule has 0 bridgehead atoms. The molecule has 4 saturated carbocycles. The third-order valence-electron chi connectivity index (χ3n) is 14.3. The lowest BCUT2D eigenvalue weighted by molar-refractivity contribution is -0.167. The van der Waals surface area contributed by atoms with E-state index in [1.54, 1.807) is 0 Å². The van der Waals surface area contributed by atoms with Crippen LogP contribution in [0.25, 0.3) is 0 Å². The smallest absolute Gasteiger partial charge is 0.410 e. The van der Waals surface area contributed by atoms with Crippen molar-refractivity contribution < 1.29 is 29.3 Å². The van der Waals surface area contributed by atoms with Crippen LogP contribution in [0.3, 0.4) is 0 Å². The van der Waals surface area contributed by atoms with Crippen LogP contribution in [0.4, 0.5) is 9.59 Å². The van der Waals surface area contributed by atoms with Crippen molar-refractivity contribution in [3.05, 3.63) is 0 Å². The van der Waals surface area contributed by atoms with Gasteiger partial charge < -0.3 is 35.2 Å². The van der Waals surface area contributed by atoms with Crippen molar-refractivity contribution in [1.82, 2.24) is 15.5 Å². The van der Waals surface area contributed by atoms with E-state index in [0.717, 1.165) is 51.5 Å². The van der Waals surface area contributed by atoms with E-state index in [1.807, 2.05) is 46.4 Å². The van der Waals surface area contributed by atoms with E-state index < -0.39 is 17.3 Å². The largest absolute Gasteiger partial charge is 0.444 e. The molecule has 0 heterocycles. The molecule has 4 aliphatic carbocycles. The molecule has 0 aromatic heterocycles. The minimum absolute atomic E-state index is 0.204. The predicted octanol–water partition coefficient (Wildman–Crippen LogP) is 8.94. The summed E-state index contributed by atoms with van der Waals surface area (Å²) in [6, 6.07) is 0.442. The highest BCUT2D eigenvalue weighted by Gasteiger charge is 2.62. The van der Waals surface area contributed by atoms with E-state index >= 15 is 0 Å². The van der Waals surface area contributed by atoms with Crippen molar-refractivity contribution in [2.75, 3.05) is 26.2 Å². The Morgan fingerprint density at radius 2 is 1.45 bits per heavy atom. The number of carbonyl (C=O) groups excluding carboxylic acids is 2. The second-order valence-corrected chi connectivity index (χ2v) is 20.8. The summed E-state index contributed by atoms with van der Waals surface area (Å²) in [6.07, 6.45) is 12.8. The van der Waals surface area contributed by atoms with Gasteiger partial charge in [-0.3, -0.25) is 0 Å². The molecule has 0 aromatic rings. The molecule has 4 rings (SSSR count). The summed E-state index contributed by atoms with van der Waals surface area (Å²) in [7, 11) is 0. The fourth-order valence-electron chi connectivity index (χ4n) is 11.5. The molecule has 0 saturated heterocycles. The molecule has 4 fully saturated rings. The summed E-state index contributed by atoms with van der Waals surface area (Å²) >= 11 is 0. The van der Waals surface area contributed by atoms with Gasteiger partial charge in [-0.25, -0.2) is 9.59 Å². The summed E-state index contributed by atoms with van der Waals surface area (Å²) in [4.78, 5) is 26.9. The molecule has 53 heavy (non-hydrogen) atoms. The van der Waals surface area contributed by atoms with Crippen molar-refractivity contribution in [3.63, 3.8) is 0 Å². The van der Waals surface area contributed by atoms with E-state index in [0.29, 0.717) is 77.9 Å². The lowest BCUT2D eigenvalue weighted by Crippen LogP contribution is -2.59. The van der Waals surface area contributed by atoms with Gasteiger partial charge in [-0.1, -0.05) is 34.6 Å². The lowest BCUT2D eigenvalue weighted by Gasteiger charge is -2.62. The Morgan fingerprint density at radius 1 is 0.811 bits per heavy atom. The summed E-state index contributed by atoms with van der Waals surface area (Å²) in [5.41, 5.74) is -0.492. The second kappa shape index (κ2) is 18.1. The average Bonchev–Trinajstić information content (AvgIpc) is 3.40. The molecule has 0 aromatic carbocycles. The van der Waals surface area contributed by atoms with Crippen LogP contribution in [0.2, 0.25) is 0 Å². The molecule has 9 heteroatoms. The van der Waals surface area contributed by atoms with Gasteiger partial charge in [0.25, 0.3) is 0 Å². The quantitative estimate of drug-likeness (QED) is 0.124. The maximum absolute atomic E-state index is 13.1. The minimum atomic E-state index is -0.559. The van der Waals surface area contributed by atoms with Crippen LogP contribution in [0.5, 0.6) is 0 Å². The molecular formula is C44H81N3O6. The Balaban J connectivity index is 1.26. The predicted molar refractivity (Wildman–Crippen MR) is 214 cm³/mol. The molecular weight excluding hydrogens is 666 g/mol. The van der Waals surface area contributed by atoms with E-state index in [4.69, 9.17) is 9.47 Å². The molecule has 0 spiro atoms. The summed E-state index contributed by atoms with van der Waals surface area (Å²) in [6.45, 7) is 25.6. The van der Waals surface area contributed by atoms with Crippen LogP contribution in [0, 0.1) is 52.3 Å². The van der Waals surface area contributed by atoms with Crippen molar-refractivity contribution in [2.45, 2.75) is 189 Å². The van der Waals surface area contributed by atoms with Crippen molar-refractivity contribution in [3.8, 4) is 0 Å². The number of aliphatic hydroxyl groups excluding tert-OH is 2. The molecule has 11 atom stereocenters. The van der Waals surface area contributed by atoms with Gasteiger partial charge in [-0.2, -0.15) is 0 Å². The number of ether oxygens (including phenoxy) is 2. The van der Waals surface area contributed by atoms with Gasteiger partial charge in [0.05, 0.1) is 12.2 Å². The van der Waals surface area contributed by atoms with Crippen LogP contribution in [0.15, 0.2) is 0 Å². The first-order valence-electron chi connectivity index (χ1n) is 21.7. The van der Waals surface area contributed by atoms with Gasteiger partial charge in [0.2, 0.25) is 0 Å². The zero-order valence-corrected chi connectivity index (χ0v) is 35.8. The molecule has 2 amide bonds. The molecule has 4 N–H and O–H groups in total. The Kier molecular flexibility index (Phi) is 15.1. The first-order valence-corrected chi connectivity index (χ1v) is 21.7. The average molecular weight is 748 g/mol. The molecule has 0 radical (unpaired) electrons. The Hall–Kier alpha value is -1.58. The summed E-state index contributed by atoms with van der Waals surface area (Å²) in [5, 5.41) is 29.1. The zero-order valence-electron chi connectivity index (χ0n) is 35.8.